The number of nitrogens with two attached hydrogens (primary N) is 1. The normalized spacial score (nSPS) is 16.1. The third-order valence-electron chi connectivity index (χ3n) is 10.9. The van der Waals surface area contributed by atoms with Gasteiger partial charge in [0.2, 0.25) is 0 Å². The zero-order valence-electron chi connectivity index (χ0n) is 28.0. The number of nitrogen functional groups attached to an aromatic ring is 1. The van der Waals surface area contributed by atoms with Crippen LogP contribution in [0.2, 0.25) is 0 Å². The maximum atomic E-state index is 10.4. The van der Waals surface area contributed by atoms with Gasteiger partial charge in [0.05, 0.1) is 28.4 Å². The molecule has 4 heteroatoms. The van der Waals surface area contributed by atoms with Gasteiger partial charge in [-0.25, -0.2) is 0 Å². The highest BCUT2D eigenvalue weighted by Gasteiger charge is 2.32. The van der Waals surface area contributed by atoms with Gasteiger partial charge >= 0.3 is 0 Å². The van der Waals surface area contributed by atoms with Crippen molar-refractivity contribution in [3.05, 3.63) is 179 Å². The Kier molecular flexibility index (Phi) is 6.71. The number of rotatable bonds is 5. The topological polar surface area (TPSA) is 76.7 Å². The second-order valence-corrected chi connectivity index (χ2v) is 13.8. The van der Waals surface area contributed by atoms with Crippen LogP contribution in [0.4, 0.5) is 5.69 Å². The first-order chi connectivity index (χ1) is 25.2. The molecule has 242 valence electrons. The van der Waals surface area contributed by atoms with Gasteiger partial charge < -0.3 is 15.6 Å². The van der Waals surface area contributed by atoms with Crippen molar-refractivity contribution in [3.8, 4) is 45.1 Å². The number of nitriles is 1. The van der Waals surface area contributed by atoms with Crippen molar-refractivity contribution in [2.75, 3.05) is 12.3 Å². The predicted molar refractivity (Wildman–Crippen MR) is 209 cm³/mol. The smallest absolute Gasteiger partial charge is 0.0992 e. The van der Waals surface area contributed by atoms with Gasteiger partial charge in [-0.1, -0.05) is 109 Å². The molecule has 0 radical (unpaired) electrons. The average Bonchev–Trinajstić information content (AvgIpc) is 3.98. The molecule has 51 heavy (non-hydrogen) atoms. The molecule has 1 fully saturated rings. The monoisotopic (exact) mass is 654 g/mol. The Morgan fingerprint density at radius 3 is 2.00 bits per heavy atom. The van der Waals surface area contributed by atoms with E-state index in [-0.39, 0.29) is 12.0 Å². The molecular formula is C47H34N4. The van der Waals surface area contributed by atoms with E-state index in [1.165, 1.54) is 49.7 Å². The van der Waals surface area contributed by atoms with Crippen molar-refractivity contribution in [1.82, 2.24) is 9.88 Å². The van der Waals surface area contributed by atoms with E-state index >= 15 is 0 Å². The third kappa shape index (κ3) is 4.78. The maximum absolute atomic E-state index is 10.4. The van der Waals surface area contributed by atoms with E-state index in [1.807, 2.05) is 6.07 Å². The van der Waals surface area contributed by atoms with E-state index < -0.39 is 0 Å². The van der Waals surface area contributed by atoms with Gasteiger partial charge in [0.25, 0.3) is 0 Å². The number of benzene rings is 7. The zero-order chi connectivity index (χ0) is 34.1. The van der Waals surface area contributed by atoms with Crippen LogP contribution in [-0.4, -0.2) is 11.1 Å². The summed E-state index contributed by atoms with van der Waals surface area (Å²) >= 11 is 0. The molecule has 2 unspecified atom stereocenters. The molecular weight excluding hydrogens is 621 g/mol. The molecule has 2 aliphatic rings. The average molecular weight is 655 g/mol. The molecule has 2 atom stereocenters. The summed E-state index contributed by atoms with van der Waals surface area (Å²) in [5, 5.41) is 16.4. The molecule has 4 nitrogen and oxygen atoms in total. The molecule has 0 saturated carbocycles. The molecule has 7 aromatic carbocycles. The first-order valence-electron chi connectivity index (χ1n) is 17.6. The number of nitrogens with one attached hydrogen (secondary N) is 1. The van der Waals surface area contributed by atoms with Gasteiger partial charge in [-0.05, 0) is 99.0 Å². The lowest BCUT2D eigenvalue weighted by Crippen LogP contribution is -2.14. The molecule has 1 saturated heterocycles. The van der Waals surface area contributed by atoms with E-state index in [0.29, 0.717) is 5.56 Å². The second kappa shape index (κ2) is 11.6. The lowest BCUT2D eigenvalue weighted by atomic mass is 9.74. The van der Waals surface area contributed by atoms with Crippen LogP contribution in [0, 0.1) is 11.3 Å². The lowest BCUT2D eigenvalue weighted by molar-refractivity contribution is 0.796. The number of hydrogen-bond acceptors (Lipinski definition) is 3. The fourth-order valence-corrected chi connectivity index (χ4v) is 8.54. The summed E-state index contributed by atoms with van der Waals surface area (Å²) in [7, 11) is 0. The molecule has 1 aliphatic heterocycles. The minimum atomic E-state index is 0.186. The van der Waals surface area contributed by atoms with Gasteiger partial charge in [0, 0.05) is 40.5 Å². The first-order valence-corrected chi connectivity index (χ1v) is 17.6. The lowest BCUT2D eigenvalue weighted by Gasteiger charge is -2.30. The minimum absolute atomic E-state index is 0.186. The van der Waals surface area contributed by atoms with E-state index in [0.717, 1.165) is 52.1 Å². The summed E-state index contributed by atoms with van der Waals surface area (Å²) in [5.74, 6) is 0.186. The van der Waals surface area contributed by atoms with Crippen LogP contribution in [0.25, 0.3) is 60.9 Å². The van der Waals surface area contributed by atoms with Gasteiger partial charge in [-0.2, -0.15) is 5.26 Å². The molecule has 0 spiro atoms. The van der Waals surface area contributed by atoms with Gasteiger partial charge in [-0.15, -0.1) is 0 Å². The van der Waals surface area contributed by atoms with Crippen molar-refractivity contribution in [2.24, 2.45) is 0 Å². The van der Waals surface area contributed by atoms with Crippen LogP contribution in [0.5, 0.6) is 0 Å². The molecule has 1 aromatic heterocycles. The summed E-state index contributed by atoms with van der Waals surface area (Å²) < 4.78 is 2.36. The first kappa shape index (κ1) is 29.5. The Morgan fingerprint density at radius 2 is 1.25 bits per heavy atom. The Labute approximate surface area is 297 Å². The molecule has 2 heterocycles. The van der Waals surface area contributed by atoms with Crippen molar-refractivity contribution in [1.29, 1.82) is 5.26 Å². The van der Waals surface area contributed by atoms with E-state index in [1.54, 1.807) is 0 Å². The summed E-state index contributed by atoms with van der Waals surface area (Å²) in [4.78, 5) is 0. The largest absolute Gasteiger partial charge is 0.399 e. The Balaban J connectivity index is 1.15. The number of hydrogen-bond donors (Lipinski definition) is 2. The number of para-hydroxylation sites is 2. The van der Waals surface area contributed by atoms with Crippen LogP contribution >= 0.6 is 0 Å². The third-order valence-corrected chi connectivity index (χ3v) is 10.9. The summed E-state index contributed by atoms with van der Waals surface area (Å²) in [6.45, 7) is 0.901. The molecule has 1 aliphatic carbocycles. The minimum Gasteiger partial charge on any atom is -0.399 e. The highest BCUT2D eigenvalue weighted by molar-refractivity contribution is 6.09. The van der Waals surface area contributed by atoms with Crippen molar-refractivity contribution in [2.45, 2.75) is 18.4 Å². The van der Waals surface area contributed by atoms with Crippen molar-refractivity contribution in [3.63, 3.8) is 0 Å². The van der Waals surface area contributed by atoms with E-state index in [2.05, 4.69) is 162 Å². The predicted octanol–water partition coefficient (Wildman–Crippen LogP) is 10.6. The van der Waals surface area contributed by atoms with Crippen LogP contribution in [0.15, 0.2) is 152 Å². The van der Waals surface area contributed by atoms with Crippen molar-refractivity contribution < 1.29 is 0 Å². The number of anilines is 1. The molecule has 0 bridgehead atoms. The number of nitrogens with zero attached hydrogens (tertiary/aromatic N) is 2. The zero-order valence-corrected chi connectivity index (χ0v) is 28.0. The molecule has 8 aromatic rings. The van der Waals surface area contributed by atoms with Crippen LogP contribution in [-0.2, 0) is 6.42 Å². The van der Waals surface area contributed by atoms with Crippen LogP contribution in [0.1, 0.15) is 39.8 Å². The Morgan fingerprint density at radius 1 is 0.608 bits per heavy atom. The Bertz CT molecular complexity index is 2670. The SMILES string of the molecule is N#Cc1cc(-c2cccc(-c3ccccc3C3Cc4ccccc4-c4cc(N)ccc43)c2)c(C2CN2)c(-n2c3ccccc3c3ccccc32)c1. The fraction of sp³-hybridized carbons (Fsp3) is 0.0851. The number of aromatic nitrogens is 1. The highest BCUT2D eigenvalue weighted by atomic mass is 15.1. The van der Waals surface area contributed by atoms with Gasteiger partial charge in [0.15, 0.2) is 0 Å². The van der Waals surface area contributed by atoms with E-state index in [4.69, 9.17) is 5.73 Å². The summed E-state index contributed by atoms with van der Waals surface area (Å²) in [6.07, 6.45) is 0.924. The van der Waals surface area contributed by atoms with Crippen LogP contribution in [0.3, 0.4) is 0 Å². The van der Waals surface area contributed by atoms with Gasteiger partial charge in [-0.3, -0.25) is 0 Å². The summed E-state index contributed by atoms with van der Waals surface area (Å²) in [5.41, 5.74) is 23.4. The Hall–Kier alpha value is -6.41. The second-order valence-electron chi connectivity index (χ2n) is 13.8. The van der Waals surface area contributed by atoms with Crippen molar-refractivity contribution >= 4 is 27.5 Å². The fourth-order valence-electron chi connectivity index (χ4n) is 8.54. The van der Waals surface area contributed by atoms with Crippen LogP contribution < -0.4 is 11.1 Å². The highest BCUT2D eigenvalue weighted by Crippen LogP contribution is 2.47. The maximum Gasteiger partial charge on any atom is 0.0992 e. The quantitative estimate of drug-likeness (QED) is 0.143. The van der Waals surface area contributed by atoms with Gasteiger partial charge in [0.1, 0.15) is 0 Å². The standard InChI is InChI=1S/C47H34N4/c48-27-29-22-40(47(43-28-50-43)46(23-29)51-44-18-7-5-16-38(44)39-17-6-8-19-45(39)51)31-12-9-11-30(24-31)34-13-3-4-15-36(34)41-25-32-10-1-2-14-35(32)42-26-33(49)20-21-37(41)42/h1-24,26,41,43,50H,25,28,49H2. The molecule has 3 N–H and O–H groups in total. The molecule has 10 rings (SSSR count). The molecule has 0 amide bonds. The van der Waals surface area contributed by atoms with E-state index in [9.17, 15) is 5.26 Å². The summed E-state index contributed by atoms with van der Waals surface area (Å²) in [6, 6.07) is 56.8. The number of fused-ring (bicyclic) bond motifs is 6.